The number of benzene rings is 2. The van der Waals surface area contributed by atoms with Crippen molar-refractivity contribution < 1.29 is 13.2 Å². The van der Waals surface area contributed by atoms with Gasteiger partial charge in [-0.2, -0.15) is 0 Å². The van der Waals surface area contributed by atoms with Crippen LogP contribution >= 0.6 is 11.6 Å². The maximum atomic E-state index is 15.2. The van der Waals surface area contributed by atoms with Crippen LogP contribution in [-0.2, 0) is 6.42 Å². The molecule has 0 N–H and O–H groups in total. The summed E-state index contributed by atoms with van der Waals surface area (Å²) in [5, 5.41) is 0.0777. The van der Waals surface area contributed by atoms with E-state index in [0.29, 0.717) is 29.9 Å². The first-order valence-corrected chi connectivity index (χ1v) is 13.2. The highest BCUT2D eigenvalue weighted by Gasteiger charge is 2.42. The Morgan fingerprint density at radius 3 is 1.97 bits per heavy atom. The molecule has 2 saturated carbocycles. The molecule has 0 unspecified atom stereocenters. The molecule has 0 aromatic heterocycles. The van der Waals surface area contributed by atoms with Crippen molar-refractivity contribution in [2.24, 2.45) is 23.7 Å². The fourth-order valence-electron chi connectivity index (χ4n) is 6.28. The molecule has 180 valence electrons. The third-order valence-corrected chi connectivity index (χ3v) is 8.58. The van der Waals surface area contributed by atoms with Crippen LogP contribution in [0, 0.1) is 29.5 Å². The van der Waals surface area contributed by atoms with Crippen molar-refractivity contribution in [2.75, 3.05) is 0 Å². The lowest BCUT2D eigenvalue weighted by Gasteiger charge is -2.39. The molecule has 2 aromatic rings. The van der Waals surface area contributed by atoms with Gasteiger partial charge in [-0.1, -0.05) is 74.5 Å². The van der Waals surface area contributed by atoms with Crippen LogP contribution in [0.2, 0.25) is 5.02 Å². The van der Waals surface area contributed by atoms with E-state index in [1.165, 1.54) is 50.7 Å². The molecular weight excluding hydrogens is 441 g/mol. The van der Waals surface area contributed by atoms with E-state index < -0.39 is 17.7 Å². The normalized spacial score (nSPS) is 26.3. The van der Waals surface area contributed by atoms with Crippen molar-refractivity contribution in [1.82, 2.24) is 0 Å². The molecule has 4 heteroatoms. The van der Waals surface area contributed by atoms with Crippen LogP contribution in [0.15, 0.2) is 42.5 Å². The molecule has 0 radical (unpaired) electrons. The van der Waals surface area contributed by atoms with Crippen LogP contribution in [0.1, 0.15) is 76.7 Å². The molecule has 0 heterocycles. The molecule has 33 heavy (non-hydrogen) atoms. The maximum Gasteiger partial charge on any atom is 0.254 e. The highest BCUT2D eigenvalue weighted by molar-refractivity contribution is 6.30. The molecule has 2 fully saturated rings. The van der Waals surface area contributed by atoms with Gasteiger partial charge in [0, 0.05) is 12.3 Å². The van der Waals surface area contributed by atoms with Gasteiger partial charge in [-0.3, -0.25) is 0 Å². The summed E-state index contributed by atoms with van der Waals surface area (Å²) in [6, 6.07) is 11.7. The Labute approximate surface area is 201 Å². The second kappa shape index (κ2) is 10.8. The van der Waals surface area contributed by atoms with Gasteiger partial charge in [0.25, 0.3) is 5.92 Å². The first-order valence-electron chi connectivity index (χ1n) is 12.8. The zero-order chi connectivity index (χ0) is 23.4. The van der Waals surface area contributed by atoms with Gasteiger partial charge < -0.3 is 0 Å². The smallest absolute Gasteiger partial charge is 0.206 e. The van der Waals surface area contributed by atoms with E-state index in [1.54, 1.807) is 30.3 Å². The van der Waals surface area contributed by atoms with Gasteiger partial charge in [0.05, 0.1) is 5.02 Å². The molecule has 0 saturated heterocycles. The number of hydrogen-bond donors (Lipinski definition) is 0. The predicted octanol–water partition coefficient (Wildman–Crippen LogP) is 9.74. The van der Waals surface area contributed by atoms with Crippen molar-refractivity contribution in [3.63, 3.8) is 0 Å². The van der Waals surface area contributed by atoms with Crippen LogP contribution in [0.5, 0.6) is 0 Å². The summed E-state index contributed by atoms with van der Waals surface area (Å²) < 4.78 is 44.1. The van der Waals surface area contributed by atoms with Crippen LogP contribution in [0.4, 0.5) is 13.2 Å². The minimum absolute atomic E-state index is 0.0777. The number of hydrogen-bond acceptors (Lipinski definition) is 0. The molecule has 0 spiro atoms. The Morgan fingerprint density at radius 2 is 1.39 bits per heavy atom. The lowest BCUT2D eigenvalue weighted by Crippen LogP contribution is -2.35. The number of alkyl halides is 2. The lowest BCUT2D eigenvalue weighted by molar-refractivity contribution is -0.0777. The summed E-state index contributed by atoms with van der Waals surface area (Å²) in [5.74, 6) is -1.37. The summed E-state index contributed by atoms with van der Waals surface area (Å²) in [5.41, 5.74) is 2.12. The molecule has 0 nitrogen and oxygen atoms in total. The predicted molar refractivity (Wildman–Crippen MR) is 131 cm³/mol. The zero-order valence-corrected chi connectivity index (χ0v) is 20.4. The summed E-state index contributed by atoms with van der Waals surface area (Å²) >= 11 is 5.75. The van der Waals surface area contributed by atoms with Gasteiger partial charge >= 0.3 is 0 Å². The summed E-state index contributed by atoms with van der Waals surface area (Å²) in [6.45, 7) is 2.27. The van der Waals surface area contributed by atoms with Crippen molar-refractivity contribution in [3.8, 4) is 11.1 Å². The van der Waals surface area contributed by atoms with Gasteiger partial charge in [0.2, 0.25) is 0 Å². The van der Waals surface area contributed by atoms with E-state index in [9.17, 15) is 4.39 Å². The molecular formula is C29H36ClF3. The standard InChI is InChI=1S/C29H36ClF3/c1-2-3-20-4-8-22(9-5-20)23-12-15-26(16-13-23)29(32,33)19-21-6-10-24(11-7-21)25-14-17-27(30)28(31)18-25/h6-7,10-11,14,17-18,20,22-23,26H,2-5,8-9,12-13,15-16,19H2,1H3. The fourth-order valence-corrected chi connectivity index (χ4v) is 6.39. The Hall–Kier alpha value is -1.48. The molecule has 2 aliphatic carbocycles. The molecule has 2 aromatic carbocycles. The Bertz CT molecular complexity index is 892. The van der Waals surface area contributed by atoms with Gasteiger partial charge in [-0.25, -0.2) is 13.2 Å². The van der Waals surface area contributed by atoms with Crippen LogP contribution in [-0.4, -0.2) is 5.92 Å². The Kier molecular flexibility index (Phi) is 8.10. The SMILES string of the molecule is CCCC1CCC(C2CCC(C(F)(F)Cc3ccc(-c4ccc(Cl)c(F)c4)cc3)CC2)CC1. The van der Waals surface area contributed by atoms with E-state index in [1.807, 2.05) is 0 Å². The molecule has 0 atom stereocenters. The first-order chi connectivity index (χ1) is 15.9. The van der Waals surface area contributed by atoms with Crippen LogP contribution in [0.3, 0.4) is 0 Å². The highest BCUT2D eigenvalue weighted by Crippen LogP contribution is 2.46. The van der Waals surface area contributed by atoms with Crippen molar-refractivity contribution in [3.05, 3.63) is 58.9 Å². The minimum Gasteiger partial charge on any atom is -0.206 e. The molecule has 0 aliphatic heterocycles. The van der Waals surface area contributed by atoms with Gasteiger partial charge in [0.15, 0.2) is 0 Å². The van der Waals surface area contributed by atoms with E-state index in [4.69, 9.17) is 11.6 Å². The third-order valence-electron chi connectivity index (χ3n) is 8.27. The number of rotatable bonds is 7. The largest absolute Gasteiger partial charge is 0.254 e. The van der Waals surface area contributed by atoms with Crippen molar-refractivity contribution >= 4 is 11.6 Å². The van der Waals surface area contributed by atoms with E-state index in [-0.39, 0.29) is 11.4 Å². The van der Waals surface area contributed by atoms with E-state index in [2.05, 4.69) is 6.92 Å². The zero-order valence-electron chi connectivity index (χ0n) is 19.6. The van der Waals surface area contributed by atoms with Crippen LogP contribution < -0.4 is 0 Å². The van der Waals surface area contributed by atoms with Gasteiger partial charge in [-0.15, -0.1) is 0 Å². The topological polar surface area (TPSA) is 0 Å². The maximum absolute atomic E-state index is 15.2. The second-order valence-electron chi connectivity index (χ2n) is 10.4. The van der Waals surface area contributed by atoms with Crippen molar-refractivity contribution in [2.45, 2.75) is 83.5 Å². The molecule has 0 amide bonds. The van der Waals surface area contributed by atoms with Crippen LogP contribution in [0.25, 0.3) is 11.1 Å². The van der Waals surface area contributed by atoms with Gasteiger partial charge in [0.1, 0.15) is 5.82 Å². The average Bonchev–Trinajstić information content (AvgIpc) is 2.82. The molecule has 4 rings (SSSR count). The second-order valence-corrected chi connectivity index (χ2v) is 10.9. The molecule has 2 aliphatic rings. The third kappa shape index (κ3) is 6.15. The van der Waals surface area contributed by atoms with Crippen molar-refractivity contribution in [1.29, 1.82) is 0 Å². The lowest BCUT2D eigenvalue weighted by atomic mass is 9.67. The average molecular weight is 477 g/mol. The molecule has 0 bridgehead atoms. The Balaban J connectivity index is 1.30. The summed E-state index contributed by atoms with van der Waals surface area (Å²) in [7, 11) is 0. The highest BCUT2D eigenvalue weighted by atomic mass is 35.5. The van der Waals surface area contributed by atoms with E-state index in [0.717, 1.165) is 30.2 Å². The number of halogens is 4. The van der Waals surface area contributed by atoms with Gasteiger partial charge in [-0.05, 0) is 85.1 Å². The monoisotopic (exact) mass is 476 g/mol. The first kappa shape index (κ1) is 24.6. The Morgan fingerprint density at radius 1 is 0.818 bits per heavy atom. The summed E-state index contributed by atoms with van der Waals surface area (Å²) in [4.78, 5) is 0. The quantitative estimate of drug-likeness (QED) is 0.373. The minimum atomic E-state index is -2.68. The van der Waals surface area contributed by atoms with E-state index >= 15 is 8.78 Å². The fraction of sp³-hybridized carbons (Fsp3) is 0.586. The summed E-state index contributed by atoms with van der Waals surface area (Å²) in [6.07, 6.45) is 10.9.